The van der Waals surface area contributed by atoms with Gasteiger partial charge in [-0.1, -0.05) is 39.8 Å². The summed E-state index contributed by atoms with van der Waals surface area (Å²) in [6.07, 6.45) is 2.26. The summed E-state index contributed by atoms with van der Waals surface area (Å²) in [4.78, 5) is 12.5. The van der Waals surface area contributed by atoms with E-state index in [-0.39, 0.29) is 23.3 Å². The van der Waals surface area contributed by atoms with Gasteiger partial charge in [-0.05, 0) is 31.5 Å². The van der Waals surface area contributed by atoms with E-state index in [1.807, 2.05) is 28.8 Å². The van der Waals surface area contributed by atoms with E-state index in [4.69, 9.17) is 0 Å². The number of hydrogen-bond donors (Lipinski definition) is 1. The molecule has 0 aliphatic carbocycles. The number of rotatable bonds is 7. The summed E-state index contributed by atoms with van der Waals surface area (Å²) in [5, 5.41) is 11.5. The minimum atomic E-state index is -3.02. The van der Waals surface area contributed by atoms with Gasteiger partial charge in [0.15, 0.2) is 15.0 Å². The van der Waals surface area contributed by atoms with Crippen molar-refractivity contribution in [2.45, 2.75) is 36.2 Å². The first kappa shape index (κ1) is 21.1. The van der Waals surface area contributed by atoms with E-state index in [1.54, 1.807) is 13.0 Å². The van der Waals surface area contributed by atoms with E-state index in [2.05, 4.69) is 38.0 Å². The number of carbonyl (C=O) groups excluding carboxylic acids is 1. The molecule has 1 aliphatic heterocycles. The van der Waals surface area contributed by atoms with Gasteiger partial charge in [0.25, 0.3) is 0 Å². The van der Waals surface area contributed by atoms with Crippen LogP contribution in [0.15, 0.2) is 46.5 Å². The Hall–Kier alpha value is -1.65. The molecule has 2 atom stereocenters. The maximum Gasteiger partial charge on any atom is 0.237 e. The molecule has 28 heavy (non-hydrogen) atoms. The first-order valence-corrected chi connectivity index (χ1v) is 12.3. The zero-order chi connectivity index (χ0) is 20.3. The van der Waals surface area contributed by atoms with Gasteiger partial charge in [0.05, 0.1) is 16.8 Å². The molecule has 2 heterocycles. The van der Waals surface area contributed by atoms with E-state index >= 15 is 0 Å². The molecule has 1 fully saturated rings. The number of sulfone groups is 1. The normalized spacial score (nSPS) is 19.3. The van der Waals surface area contributed by atoms with Crippen LogP contribution in [0.4, 0.5) is 5.69 Å². The lowest BCUT2D eigenvalue weighted by Crippen LogP contribution is -2.23. The summed E-state index contributed by atoms with van der Waals surface area (Å²) in [5.74, 6) is 0.584. The highest BCUT2D eigenvalue weighted by Crippen LogP contribution is 2.31. The average molecular weight is 485 g/mol. The Kier molecular flexibility index (Phi) is 6.61. The van der Waals surface area contributed by atoms with E-state index in [0.717, 1.165) is 4.47 Å². The lowest BCUT2D eigenvalue weighted by molar-refractivity contribution is -0.115. The van der Waals surface area contributed by atoms with Crippen molar-refractivity contribution >= 4 is 49.1 Å². The molecule has 1 aromatic carbocycles. The van der Waals surface area contributed by atoms with Gasteiger partial charge in [-0.3, -0.25) is 4.79 Å². The zero-order valence-electron chi connectivity index (χ0n) is 15.3. The molecule has 2 unspecified atom stereocenters. The number of hydrogen-bond acceptors (Lipinski definition) is 6. The van der Waals surface area contributed by atoms with E-state index in [0.29, 0.717) is 29.6 Å². The molecule has 150 valence electrons. The van der Waals surface area contributed by atoms with Gasteiger partial charge in [0.2, 0.25) is 5.91 Å². The fourth-order valence-corrected chi connectivity index (χ4v) is 6.01. The second-order valence-corrected chi connectivity index (χ2v) is 11.1. The molecule has 1 aromatic heterocycles. The SMILES string of the molecule is C=CCn1c(SC(C)C(=O)Nc2cccc(Br)c2)nnc1C1CCS(=O)(=O)C1. The van der Waals surface area contributed by atoms with Crippen molar-refractivity contribution in [3.63, 3.8) is 0 Å². The van der Waals surface area contributed by atoms with Gasteiger partial charge >= 0.3 is 0 Å². The van der Waals surface area contributed by atoms with Crippen LogP contribution in [0.5, 0.6) is 0 Å². The Bertz CT molecular complexity index is 990. The molecule has 1 saturated heterocycles. The molecule has 0 saturated carbocycles. The molecule has 10 heteroatoms. The number of nitrogens with zero attached hydrogens (tertiary/aromatic N) is 3. The molecule has 0 bridgehead atoms. The molecular formula is C18H21BrN4O3S2. The molecule has 2 aromatic rings. The smallest absolute Gasteiger partial charge is 0.237 e. The van der Waals surface area contributed by atoms with Crippen molar-refractivity contribution in [1.82, 2.24) is 14.8 Å². The highest BCUT2D eigenvalue weighted by molar-refractivity contribution is 9.10. The fraction of sp³-hybridized carbons (Fsp3) is 0.389. The Morgan fingerprint density at radius 2 is 2.29 bits per heavy atom. The predicted octanol–water partition coefficient (Wildman–Crippen LogP) is 3.25. The summed E-state index contributed by atoms with van der Waals surface area (Å²) in [6, 6.07) is 7.38. The van der Waals surface area contributed by atoms with Gasteiger partial charge in [0.1, 0.15) is 5.82 Å². The Morgan fingerprint density at radius 1 is 1.50 bits per heavy atom. The Labute approximate surface area is 177 Å². The largest absolute Gasteiger partial charge is 0.325 e. The minimum absolute atomic E-state index is 0.0892. The van der Waals surface area contributed by atoms with Gasteiger partial charge in [0, 0.05) is 22.6 Å². The number of halogens is 1. The van der Waals surface area contributed by atoms with Gasteiger partial charge < -0.3 is 9.88 Å². The van der Waals surface area contributed by atoms with Crippen molar-refractivity contribution in [1.29, 1.82) is 0 Å². The third kappa shape index (κ3) is 5.03. The molecule has 0 spiro atoms. The third-order valence-corrected chi connectivity index (χ3v) is 7.74. The first-order chi connectivity index (χ1) is 13.3. The van der Waals surface area contributed by atoms with Crippen molar-refractivity contribution in [3.8, 4) is 0 Å². The molecule has 1 N–H and O–H groups in total. The molecule has 3 rings (SSSR count). The van der Waals surface area contributed by atoms with Gasteiger partial charge in [-0.25, -0.2) is 8.42 Å². The maximum absolute atomic E-state index is 12.5. The van der Waals surface area contributed by atoms with Crippen LogP contribution < -0.4 is 5.32 Å². The number of aromatic nitrogens is 3. The second-order valence-electron chi connectivity index (χ2n) is 6.60. The number of nitrogens with one attached hydrogen (secondary N) is 1. The third-order valence-electron chi connectivity index (χ3n) is 4.40. The summed E-state index contributed by atoms with van der Waals surface area (Å²) < 4.78 is 26.4. The quantitative estimate of drug-likeness (QED) is 0.478. The van der Waals surface area contributed by atoms with Gasteiger partial charge in [-0.15, -0.1) is 16.8 Å². The first-order valence-electron chi connectivity index (χ1n) is 8.76. The van der Waals surface area contributed by atoms with Crippen LogP contribution in [0.1, 0.15) is 25.1 Å². The molecule has 1 aliphatic rings. The maximum atomic E-state index is 12.5. The Morgan fingerprint density at radius 3 is 2.93 bits per heavy atom. The lowest BCUT2D eigenvalue weighted by atomic mass is 10.1. The monoisotopic (exact) mass is 484 g/mol. The highest BCUT2D eigenvalue weighted by Gasteiger charge is 2.33. The number of carbonyl (C=O) groups is 1. The summed E-state index contributed by atoms with van der Waals surface area (Å²) in [6.45, 7) is 6.02. The fourth-order valence-electron chi connectivity index (χ4n) is 3.01. The average Bonchev–Trinajstić information content (AvgIpc) is 3.18. The van der Waals surface area contributed by atoms with Gasteiger partial charge in [-0.2, -0.15) is 0 Å². The van der Waals surface area contributed by atoms with E-state index in [9.17, 15) is 13.2 Å². The number of thioether (sulfide) groups is 1. The Balaban J connectivity index is 1.74. The summed E-state index contributed by atoms with van der Waals surface area (Å²) >= 11 is 4.67. The van der Waals surface area contributed by atoms with Crippen molar-refractivity contribution in [2.24, 2.45) is 0 Å². The van der Waals surface area contributed by atoms with Crippen LogP contribution in [-0.2, 0) is 21.2 Å². The molecule has 0 radical (unpaired) electrons. The predicted molar refractivity (Wildman–Crippen MR) is 114 cm³/mol. The van der Waals surface area contributed by atoms with Crippen molar-refractivity contribution in [3.05, 3.63) is 47.2 Å². The van der Waals surface area contributed by atoms with Crippen molar-refractivity contribution < 1.29 is 13.2 Å². The van der Waals surface area contributed by atoms with Crippen LogP contribution in [0.3, 0.4) is 0 Å². The van der Waals surface area contributed by atoms with Crippen molar-refractivity contribution in [2.75, 3.05) is 16.8 Å². The van der Waals surface area contributed by atoms with Crippen LogP contribution in [-0.4, -0.2) is 45.8 Å². The standard InChI is InChI=1S/C18H21BrN4O3S2/c1-3-8-23-16(13-7-9-28(25,26)11-13)21-22-18(23)27-12(2)17(24)20-15-6-4-5-14(19)10-15/h3-6,10,12-13H,1,7-9,11H2,2H3,(H,20,24). The zero-order valence-corrected chi connectivity index (χ0v) is 18.6. The number of benzene rings is 1. The lowest BCUT2D eigenvalue weighted by Gasteiger charge is -2.14. The highest BCUT2D eigenvalue weighted by atomic mass is 79.9. The topological polar surface area (TPSA) is 93.9 Å². The number of allylic oxidation sites excluding steroid dienone is 1. The number of anilines is 1. The molecule has 1 amide bonds. The summed E-state index contributed by atoms with van der Waals surface area (Å²) in [5.41, 5.74) is 0.705. The second kappa shape index (κ2) is 8.79. The van der Waals surface area contributed by atoms with E-state index in [1.165, 1.54) is 11.8 Å². The minimum Gasteiger partial charge on any atom is -0.325 e. The molecular weight excluding hydrogens is 464 g/mol. The number of amides is 1. The molecule has 7 nitrogen and oxygen atoms in total. The van der Waals surface area contributed by atoms with Crippen LogP contribution in [0.2, 0.25) is 0 Å². The van der Waals surface area contributed by atoms with Crippen LogP contribution in [0.25, 0.3) is 0 Å². The van der Waals surface area contributed by atoms with E-state index < -0.39 is 15.1 Å². The summed E-state index contributed by atoms with van der Waals surface area (Å²) in [7, 11) is -3.02. The van der Waals surface area contributed by atoms with Crippen LogP contribution >= 0.6 is 27.7 Å². The van der Waals surface area contributed by atoms with Crippen LogP contribution in [0, 0.1) is 0 Å².